The van der Waals surface area contributed by atoms with Crippen molar-refractivity contribution >= 4 is 23.7 Å². The van der Waals surface area contributed by atoms with E-state index >= 15 is 0 Å². The highest BCUT2D eigenvalue weighted by molar-refractivity contribution is 7.07. The summed E-state index contributed by atoms with van der Waals surface area (Å²) in [6.07, 6.45) is 0. The molecule has 0 aromatic carbocycles. The molecule has 1 aliphatic rings. The van der Waals surface area contributed by atoms with Gasteiger partial charge in [-0.2, -0.15) is 0 Å². The summed E-state index contributed by atoms with van der Waals surface area (Å²) in [5.74, 6) is 0. The maximum atomic E-state index is 4.34. The smallest absolute Gasteiger partial charge is 0.0795 e. The molecule has 0 spiro atoms. The van der Waals surface area contributed by atoms with Crippen LogP contribution in [0.2, 0.25) is 0 Å². The average molecular weight is 248 g/mol. The van der Waals surface area contributed by atoms with Crippen LogP contribution in [0, 0.1) is 0 Å². The zero-order chi connectivity index (χ0) is 9.97. The second-order valence-corrected chi connectivity index (χ2v) is 4.73. The minimum atomic E-state index is 0. The van der Waals surface area contributed by atoms with Gasteiger partial charge in [0.25, 0.3) is 0 Å². The lowest BCUT2D eigenvalue weighted by Gasteiger charge is -2.38. The van der Waals surface area contributed by atoms with Gasteiger partial charge in [-0.1, -0.05) is 0 Å². The number of hydrogen-bond acceptors (Lipinski definition) is 4. The molecule has 0 amide bonds. The summed E-state index contributed by atoms with van der Waals surface area (Å²) in [6, 6.07) is 1.22. The molecule has 1 N–H and O–H groups in total. The van der Waals surface area contributed by atoms with Crippen LogP contribution in [0.25, 0.3) is 0 Å². The van der Waals surface area contributed by atoms with Crippen molar-refractivity contribution in [2.75, 3.05) is 13.1 Å². The average Bonchev–Trinajstić information content (AvgIpc) is 2.64. The van der Waals surface area contributed by atoms with Gasteiger partial charge in [0.1, 0.15) is 0 Å². The molecule has 0 radical (unpaired) electrons. The van der Waals surface area contributed by atoms with E-state index in [0.29, 0.717) is 12.1 Å². The molecule has 2 atom stereocenters. The summed E-state index contributed by atoms with van der Waals surface area (Å²) in [6.45, 7) is 7.72. The monoisotopic (exact) mass is 247 g/mol. The van der Waals surface area contributed by atoms with E-state index in [2.05, 4.69) is 34.4 Å². The molecule has 86 valence electrons. The maximum Gasteiger partial charge on any atom is 0.0795 e. The number of halogens is 1. The van der Waals surface area contributed by atoms with Crippen molar-refractivity contribution in [3.63, 3.8) is 0 Å². The quantitative estimate of drug-likeness (QED) is 0.863. The highest BCUT2D eigenvalue weighted by atomic mass is 35.5. The molecule has 1 aliphatic heterocycles. The van der Waals surface area contributed by atoms with Gasteiger partial charge in [-0.3, -0.25) is 4.90 Å². The minimum absolute atomic E-state index is 0. The van der Waals surface area contributed by atoms with Crippen LogP contribution in [-0.4, -0.2) is 35.1 Å². The van der Waals surface area contributed by atoms with E-state index in [-0.39, 0.29) is 12.4 Å². The van der Waals surface area contributed by atoms with Crippen molar-refractivity contribution in [2.45, 2.75) is 32.5 Å². The van der Waals surface area contributed by atoms with Gasteiger partial charge in [-0.05, 0) is 13.8 Å². The van der Waals surface area contributed by atoms with E-state index in [4.69, 9.17) is 0 Å². The molecule has 1 saturated heterocycles. The van der Waals surface area contributed by atoms with E-state index in [1.807, 2.05) is 5.51 Å². The number of thiazole rings is 1. The first-order chi connectivity index (χ1) is 6.77. The van der Waals surface area contributed by atoms with Gasteiger partial charge in [-0.25, -0.2) is 4.98 Å². The van der Waals surface area contributed by atoms with Crippen LogP contribution < -0.4 is 5.32 Å². The molecule has 0 saturated carbocycles. The van der Waals surface area contributed by atoms with E-state index in [9.17, 15) is 0 Å². The summed E-state index contributed by atoms with van der Waals surface area (Å²) < 4.78 is 0. The van der Waals surface area contributed by atoms with Crippen molar-refractivity contribution in [1.82, 2.24) is 15.2 Å². The van der Waals surface area contributed by atoms with Gasteiger partial charge >= 0.3 is 0 Å². The number of nitrogens with one attached hydrogen (secondary N) is 1. The van der Waals surface area contributed by atoms with Gasteiger partial charge in [0.05, 0.1) is 11.2 Å². The second-order valence-electron chi connectivity index (χ2n) is 4.01. The van der Waals surface area contributed by atoms with Crippen molar-refractivity contribution in [3.8, 4) is 0 Å². The molecule has 1 aromatic heterocycles. The number of rotatable bonds is 2. The van der Waals surface area contributed by atoms with Crippen LogP contribution in [0.5, 0.6) is 0 Å². The van der Waals surface area contributed by atoms with Gasteiger partial charge in [0.2, 0.25) is 0 Å². The fourth-order valence-electron chi connectivity index (χ4n) is 1.98. The Morgan fingerprint density at radius 1 is 1.47 bits per heavy atom. The number of nitrogens with zero attached hydrogens (tertiary/aromatic N) is 2. The second kappa shape index (κ2) is 5.80. The van der Waals surface area contributed by atoms with Crippen molar-refractivity contribution in [1.29, 1.82) is 0 Å². The van der Waals surface area contributed by atoms with E-state index in [1.54, 1.807) is 11.3 Å². The van der Waals surface area contributed by atoms with Crippen LogP contribution in [-0.2, 0) is 6.54 Å². The normalized spacial score (nSPS) is 27.3. The first-order valence-electron chi connectivity index (χ1n) is 5.11. The lowest BCUT2D eigenvalue weighted by molar-refractivity contribution is 0.107. The molecular weight excluding hydrogens is 230 g/mol. The van der Waals surface area contributed by atoms with E-state index in [1.165, 1.54) is 5.69 Å². The van der Waals surface area contributed by atoms with Gasteiger partial charge in [-0.15, -0.1) is 23.7 Å². The molecule has 15 heavy (non-hydrogen) atoms. The lowest BCUT2D eigenvalue weighted by Crippen LogP contribution is -2.54. The van der Waals surface area contributed by atoms with Gasteiger partial charge < -0.3 is 5.32 Å². The third-order valence-corrected chi connectivity index (χ3v) is 3.48. The van der Waals surface area contributed by atoms with Crippen LogP contribution in [0.15, 0.2) is 10.9 Å². The highest BCUT2D eigenvalue weighted by Gasteiger charge is 2.24. The topological polar surface area (TPSA) is 28.2 Å². The van der Waals surface area contributed by atoms with Crippen LogP contribution in [0.1, 0.15) is 19.5 Å². The van der Waals surface area contributed by atoms with Crippen molar-refractivity contribution < 1.29 is 0 Å². The van der Waals surface area contributed by atoms with Crippen molar-refractivity contribution in [2.24, 2.45) is 0 Å². The number of aromatic nitrogens is 1. The molecule has 2 rings (SSSR count). The van der Waals surface area contributed by atoms with Gasteiger partial charge in [0.15, 0.2) is 0 Å². The fourth-order valence-corrected chi connectivity index (χ4v) is 2.53. The summed E-state index contributed by atoms with van der Waals surface area (Å²) in [4.78, 5) is 6.86. The third-order valence-electron chi connectivity index (χ3n) is 2.84. The summed E-state index contributed by atoms with van der Waals surface area (Å²) in [5.41, 5.74) is 3.11. The van der Waals surface area contributed by atoms with Crippen LogP contribution in [0.3, 0.4) is 0 Å². The predicted molar refractivity (Wildman–Crippen MR) is 66.7 cm³/mol. The van der Waals surface area contributed by atoms with Crippen LogP contribution >= 0.6 is 23.7 Å². The van der Waals surface area contributed by atoms with Gasteiger partial charge in [0, 0.05) is 37.1 Å². The molecule has 3 nitrogen and oxygen atoms in total. The number of piperazine rings is 1. The maximum absolute atomic E-state index is 4.34. The SMILES string of the molecule is C[C@@H]1CNC[C@H](C)N1Cc1cscn1.Cl. The molecule has 0 aliphatic carbocycles. The first-order valence-corrected chi connectivity index (χ1v) is 6.05. The Balaban J connectivity index is 0.00000112. The molecular formula is C10H18ClN3S. The highest BCUT2D eigenvalue weighted by Crippen LogP contribution is 2.14. The fraction of sp³-hybridized carbons (Fsp3) is 0.700. The first kappa shape index (κ1) is 12.9. The summed E-state index contributed by atoms with van der Waals surface area (Å²) >= 11 is 1.68. The Kier molecular flexibility index (Phi) is 4.99. The molecule has 1 aromatic rings. The Morgan fingerprint density at radius 2 is 2.13 bits per heavy atom. The lowest BCUT2D eigenvalue weighted by atomic mass is 10.1. The Hall–Kier alpha value is -0.160. The molecule has 5 heteroatoms. The minimum Gasteiger partial charge on any atom is -0.314 e. The molecule has 1 fully saturated rings. The summed E-state index contributed by atoms with van der Waals surface area (Å²) in [7, 11) is 0. The van der Waals surface area contributed by atoms with Crippen LogP contribution in [0.4, 0.5) is 0 Å². The van der Waals surface area contributed by atoms with Crippen molar-refractivity contribution in [3.05, 3.63) is 16.6 Å². The largest absolute Gasteiger partial charge is 0.314 e. The van der Waals surface area contributed by atoms with E-state index < -0.39 is 0 Å². The summed E-state index contributed by atoms with van der Waals surface area (Å²) in [5, 5.41) is 5.57. The standard InChI is InChI=1S/C10H17N3S.ClH/c1-8-3-11-4-9(2)13(8)5-10-6-14-7-12-10;/h6-9,11H,3-5H2,1-2H3;1H/t8-,9+;. The molecule has 0 bridgehead atoms. The molecule has 2 heterocycles. The Labute approximate surface area is 101 Å². The zero-order valence-electron chi connectivity index (χ0n) is 9.14. The zero-order valence-corrected chi connectivity index (χ0v) is 10.8. The predicted octanol–water partition coefficient (Wildman–Crippen LogP) is 1.75. The Morgan fingerprint density at radius 3 is 2.67 bits per heavy atom. The third kappa shape index (κ3) is 3.14. The Bertz CT molecular complexity index is 268. The number of hydrogen-bond donors (Lipinski definition) is 1. The van der Waals surface area contributed by atoms with E-state index in [0.717, 1.165) is 19.6 Å². The molecule has 0 unspecified atom stereocenters.